The summed E-state index contributed by atoms with van der Waals surface area (Å²) in [5.41, 5.74) is 2.87. The third-order valence-electron chi connectivity index (χ3n) is 4.57. The zero-order chi connectivity index (χ0) is 14.4. The van der Waals surface area contributed by atoms with Gasteiger partial charge in [0, 0.05) is 18.6 Å². The van der Waals surface area contributed by atoms with Crippen molar-refractivity contribution in [3.8, 4) is 0 Å². The van der Waals surface area contributed by atoms with Gasteiger partial charge in [0.1, 0.15) is 0 Å². The molecular weight excluding hydrogens is 248 g/mol. The van der Waals surface area contributed by atoms with Crippen LogP contribution in [0.15, 0.2) is 24.3 Å². The highest BCUT2D eigenvalue weighted by molar-refractivity contribution is 5.30. The van der Waals surface area contributed by atoms with Crippen molar-refractivity contribution in [2.75, 3.05) is 19.7 Å². The number of benzene rings is 1. The highest BCUT2D eigenvalue weighted by Gasteiger charge is 2.26. The molecule has 2 N–H and O–H groups in total. The van der Waals surface area contributed by atoms with Crippen LogP contribution in [0, 0.1) is 0 Å². The molecule has 20 heavy (non-hydrogen) atoms. The molecule has 0 amide bonds. The van der Waals surface area contributed by atoms with Gasteiger partial charge in [-0.1, -0.05) is 38.1 Å². The molecular formula is C17H28N2O. The SMILES string of the molecule is CCNC(CC)(CO)CCCN1Cc2ccccc2C1. The van der Waals surface area contributed by atoms with Crippen molar-refractivity contribution in [3.63, 3.8) is 0 Å². The fraction of sp³-hybridized carbons (Fsp3) is 0.647. The number of hydrogen-bond acceptors (Lipinski definition) is 3. The van der Waals surface area contributed by atoms with Crippen molar-refractivity contribution in [3.05, 3.63) is 35.4 Å². The average molecular weight is 276 g/mol. The molecule has 0 spiro atoms. The summed E-state index contributed by atoms with van der Waals surface area (Å²) in [6.07, 6.45) is 3.16. The highest BCUT2D eigenvalue weighted by atomic mass is 16.3. The van der Waals surface area contributed by atoms with Crippen LogP contribution in [0.3, 0.4) is 0 Å². The lowest BCUT2D eigenvalue weighted by Crippen LogP contribution is -2.48. The normalized spacial score (nSPS) is 17.9. The topological polar surface area (TPSA) is 35.5 Å². The van der Waals surface area contributed by atoms with Crippen molar-refractivity contribution in [1.29, 1.82) is 0 Å². The van der Waals surface area contributed by atoms with Crippen LogP contribution in [-0.4, -0.2) is 35.2 Å². The van der Waals surface area contributed by atoms with Gasteiger partial charge < -0.3 is 10.4 Å². The zero-order valence-electron chi connectivity index (χ0n) is 12.9. The van der Waals surface area contributed by atoms with E-state index < -0.39 is 0 Å². The Balaban J connectivity index is 1.79. The van der Waals surface area contributed by atoms with Gasteiger partial charge in [0.05, 0.1) is 6.61 Å². The summed E-state index contributed by atoms with van der Waals surface area (Å²) >= 11 is 0. The smallest absolute Gasteiger partial charge is 0.0613 e. The fourth-order valence-corrected chi connectivity index (χ4v) is 3.21. The van der Waals surface area contributed by atoms with E-state index in [9.17, 15) is 5.11 Å². The fourth-order valence-electron chi connectivity index (χ4n) is 3.21. The molecule has 3 nitrogen and oxygen atoms in total. The van der Waals surface area contributed by atoms with Gasteiger partial charge in [0.15, 0.2) is 0 Å². The van der Waals surface area contributed by atoms with E-state index in [0.29, 0.717) is 0 Å². The molecule has 1 atom stereocenters. The molecule has 1 aliphatic heterocycles. The Hall–Kier alpha value is -0.900. The Morgan fingerprint density at radius 3 is 2.35 bits per heavy atom. The van der Waals surface area contributed by atoms with Crippen molar-refractivity contribution in [1.82, 2.24) is 10.2 Å². The number of nitrogens with one attached hydrogen (secondary N) is 1. The molecule has 0 fully saturated rings. The number of hydrogen-bond donors (Lipinski definition) is 2. The van der Waals surface area contributed by atoms with Gasteiger partial charge in [-0.15, -0.1) is 0 Å². The first kappa shape index (κ1) is 15.5. The van der Waals surface area contributed by atoms with E-state index in [4.69, 9.17) is 0 Å². The lowest BCUT2D eigenvalue weighted by atomic mass is 9.91. The average Bonchev–Trinajstić information content (AvgIpc) is 2.89. The van der Waals surface area contributed by atoms with Gasteiger partial charge in [-0.2, -0.15) is 0 Å². The predicted octanol–water partition coefficient (Wildman–Crippen LogP) is 2.53. The van der Waals surface area contributed by atoms with Gasteiger partial charge in [-0.3, -0.25) is 4.90 Å². The van der Waals surface area contributed by atoms with E-state index in [1.807, 2.05) is 0 Å². The molecule has 1 aromatic rings. The molecule has 0 bridgehead atoms. The summed E-state index contributed by atoms with van der Waals surface area (Å²) in [5, 5.41) is 13.1. The Bertz CT molecular complexity index is 390. The molecule has 0 saturated heterocycles. The summed E-state index contributed by atoms with van der Waals surface area (Å²) < 4.78 is 0. The number of aliphatic hydroxyl groups excluding tert-OH is 1. The summed E-state index contributed by atoms with van der Waals surface area (Å²) in [5.74, 6) is 0. The second-order valence-electron chi connectivity index (χ2n) is 5.91. The van der Waals surface area contributed by atoms with Crippen molar-refractivity contribution in [2.45, 2.75) is 51.7 Å². The van der Waals surface area contributed by atoms with Crippen LogP contribution in [0.2, 0.25) is 0 Å². The second-order valence-corrected chi connectivity index (χ2v) is 5.91. The first-order valence-corrected chi connectivity index (χ1v) is 7.88. The summed E-state index contributed by atoms with van der Waals surface area (Å²) in [4.78, 5) is 2.51. The zero-order valence-corrected chi connectivity index (χ0v) is 12.9. The second kappa shape index (κ2) is 7.21. The lowest BCUT2D eigenvalue weighted by Gasteiger charge is -2.32. The Labute approximate surface area is 123 Å². The molecule has 0 aromatic heterocycles. The molecule has 1 unspecified atom stereocenters. The molecule has 0 radical (unpaired) electrons. The summed E-state index contributed by atoms with van der Waals surface area (Å²) in [6.45, 7) is 8.69. The maximum absolute atomic E-state index is 9.67. The van der Waals surface area contributed by atoms with Crippen LogP contribution in [0.25, 0.3) is 0 Å². The van der Waals surface area contributed by atoms with Crippen LogP contribution in [-0.2, 0) is 13.1 Å². The predicted molar refractivity (Wildman–Crippen MR) is 83.6 cm³/mol. The van der Waals surface area contributed by atoms with Crippen LogP contribution >= 0.6 is 0 Å². The van der Waals surface area contributed by atoms with E-state index in [0.717, 1.165) is 45.4 Å². The minimum Gasteiger partial charge on any atom is -0.394 e. The van der Waals surface area contributed by atoms with Crippen LogP contribution in [0.1, 0.15) is 44.2 Å². The van der Waals surface area contributed by atoms with Crippen LogP contribution < -0.4 is 5.32 Å². The number of rotatable bonds is 8. The Morgan fingerprint density at radius 1 is 1.20 bits per heavy atom. The van der Waals surface area contributed by atoms with Crippen LogP contribution in [0.4, 0.5) is 0 Å². The van der Waals surface area contributed by atoms with E-state index in [1.165, 1.54) is 11.1 Å². The van der Waals surface area contributed by atoms with E-state index >= 15 is 0 Å². The van der Waals surface area contributed by atoms with Crippen molar-refractivity contribution >= 4 is 0 Å². The number of likely N-dealkylation sites (N-methyl/N-ethyl adjacent to an activating group) is 1. The third kappa shape index (κ3) is 3.60. The number of fused-ring (bicyclic) bond motifs is 1. The molecule has 0 aliphatic carbocycles. The summed E-state index contributed by atoms with van der Waals surface area (Å²) in [6, 6.07) is 8.72. The molecule has 2 rings (SSSR count). The minimum absolute atomic E-state index is 0.0820. The van der Waals surface area contributed by atoms with E-state index in [2.05, 4.69) is 48.3 Å². The Kier molecular flexibility index (Phi) is 5.58. The number of nitrogens with zero attached hydrogens (tertiary/aromatic N) is 1. The molecule has 1 aromatic carbocycles. The van der Waals surface area contributed by atoms with E-state index in [-0.39, 0.29) is 12.1 Å². The highest BCUT2D eigenvalue weighted by Crippen LogP contribution is 2.24. The van der Waals surface area contributed by atoms with Crippen molar-refractivity contribution in [2.24, 2.45) is 0 Å². The van der Waals surface area contributed by atoms with Crippen molar-refractivity contribution < 1.29 is 5.11 Å². The molecule has 0 saturated carbocycles. The first-order valence-electron chi connectivity index (χ1n) is 7.88. The third-order valence-corrected chi connectivity index (χ3v) is 4.57. The van der Waals surface area contributed by atoms with Gasteiger partial charge in [-0.25, -0.2) is 0 Å². The standard InChI is InChI=1S/C17H28N2O/c1-3-17(14-20,18-4-2)10-7-11-19-12-15-8-5-6-9-16(15)13-19/h5-6,8-9,18,20H,3-4,7,10-14H2,1-2H3. The Morgan fingerprint density at radius 2 is 1.85 bits per heavy atom. The molecule has 112 valence electrons. The maximum atomic E-state index is 9.67. The summed E-state index contributed by atoms with van der Waals surface area (Å²) in [7, 11) is 0. The molecule has 3 heteroatoms. The molecule has 1 heterocycles. The van der Waals surface area contributed by atoms with Gasteiger partial charge in [0.2, 0.25) is 0 Å². The van der Waals surface area contributed by atoms with E-state index in [1.54, 1.807) is 0 Å². The maximum Gasteiger partial charge on any atom is 0.0613 e. The van der Waals surface area contributed by atoms with Crippen LogP contribution in [0.5, 0.6) is 0 Å². The monoisotopic (exact) mass is 276 g/mol. The lowest BCUT2D eigenvalue weighted by molar-refractivity contribution is 0.140. The quantitative estimate of drug-likeness (QED) is 0.766. The first-order chi connectivity index (χ1) is 9.73. The number of aliphatic hydroxyl groups is 1. The van der Waals surface area contributed by atoms with Gasteiger partial charge >= 0.3 is 0 Å². The van der Waals surface area contributed by atoms with Gasteiger partial charge in [0.25, 0.3) is 0 Å². The minimum atomic E-state index is -0.0820. The largest absolute Gasteiger partial charge is 0.394 e. The molecule has 1 aliphatic rings. The van der Waals surface area contributed by atoms with Gasteiger partial charge in [-0.05, 0) is 43.5 Å².